The highest BCUT2D eigenvalue weighted by Crippen LogP contribution is 1.92. The van der Waals surface area contributed by atoms with Gasteiger partial charge in [0.2, 0.25) is 5.91 Å². The molecule has 0 bridgehead atoms. The normalized spacial score (nSPS) is 13.2. The van der Waals surface area contributed by atoms with E-state index in [1.807, 2.05) is 6.92 Å². The van der Waals surface area contributed by atoms with Gasteiger partial charge in [-0.3, -0.25) is 4.79 Å². The molecule has 48 valence electrons. The van der Waals surface area contributed by atoms with E-state index in [0.717, 1.165) is 0 Å². The minimum absolute atomic E-state index is 0.394. The lowest BCUT2D eigenvalue weighted by Gasteiger charge is -2.05. The lowest BCUT2D eigenvalue weighted by atomic mass is 10.3. The van der Waals surface area contributed by atoms with Crippen LogP contribution < -0.4 is 5.73 Å². The summed E-state index contributed by atoms with van der Waals surface area (Å²) in [4.78, 5) is 10.3. The molecule has 8 heavy (non-hydrogen) atoms. The molecule has 0 radical (unpaired) electrons. The Kier molecular flexibility index (Phi) is 3.19. The highest BCUT2D eigenvalue weighted by Gasteiger charge is 2.08. The predicted molar refractivity (Wildman–Crippen MR) is 30.3 cm³/mol. The summed E-state index contributed by atoms with van der Waals surface area (Å²) in [6, 6.07) is 0. The number of primary amides is 1. The van der Waals surface area contributed by atoms with Crippen molar-refractivity contribution < 1.29 is 9.53 Å². The summed E-state index contributed by atoms with van der Waals surface area (Å²) in [6.45, 7) is 1.85. The first kappa shape index (κ1) is 7.43. The van der Waals surface area contributed by atoms with E-state index in [1.165, 1.54) is 7.11 Å². The number of nitrogens with two attached hydrogens (primary N) is 1. The topological polar surface area (TPSA) is 52.3 Å². The van der Waals surface area contributed by atoms with Gasteiger partial charge in [-0.1, -0.05) is 6.92 Å². The first-order chi connectivity index (χ1) is 3.72. The van der Waals surface area contributed by atoms with Crippen LogP contribution >= 0.6 is 0 Å². The fraction of sp³-hybridized carbons (Fsp3) is 0.800. The number of carbonyl (C=O) groups is 1. The Bertz CT molecular complexity index is 78.5. The van der Waals surface area contributed by atoms with Crippen LogP contribution in [0.3, 0.4) is 0 Å². The highest BCUT2D eigenvalue weighted by molar-refractivity contribution is 5.78. The number of hydrogen-bond acceptors (Lipinski definition) is 2. The maximum Gasteiger partial charge on any atom is 0.246 e. The molecule has 2 N–H and O–H groups in total. The van der Waals surface area contributed by atoms with E-state index in [4.69, 9.17) is 5.73 Å². The molecular weight excluding hydrogens is 106 g/mol. The minimum atomic E-state index is -0.407. The van der Waals surface area contributed by atoms with Crippen molar-refractivity contribution in [2.45, 2.75) is 19.4 Å². The van der Waals surface area contributed by atoms with Gasteiger partial charge >= 0.3 is 0 Å². The lowest BCUT2D eigenvalue weighted by molar-refractivity contribution is -0.127. The Balaban J connectivity index is 3.52. The van der Waals surface area contributed by atoms with Gasteiger partial charge in [0.05, 0.1) is 0 Å². The molecule has 0 saturated carbocycles. The smallest absolute Gasteiger partial charge is 0.246 e. The van der Waals surface area contributed by atoms with Gasteiger partial charge in [-0.25, -0.2) is 0 Å². The maximum atomic E-state index is 10.3. The zero-order valence-corrected chi connectivity index (χ0v) is 5.18. The van der Waals surface area contributed by atoms with Crippen LogP contribution in [0, 0.1) is 0 Å². The SMILES string of the molecule is CC[C@@H](OC)C(N)=O. The summed E-state index contributed by atoms with van der Waals surface area (Å²) in [7, 11) is 1.47. The van der Waals surface area contributed by atoms with Crippen LogP contribution in [0.25, 0.3) is 0 Å². The third-order valence-electron chi connectivity index (χ3n) is 0.973. The van der Waals surface area contributed by atoms with Crippen LogP contribution in [0.4, 0.5) is 0 Å². The van der Waals surface area contributed by atoms with E-state index < -0.39 is 12.0 Å². The summed E-state index contributed by atoms with van der Waals surface area (Å²) in [5.74, 6) is -0.394. The van der Waals surface area contributed by atoms with Gasteiger partial charge in [0, 0.05) is 7.11 Å². The monoisotopic (exact) mass is 117 g/mol. The van der Waals surface area contributed by atoms with E-state index in [-0.39, 0.29) is 0 Å². The zero-order chi connectivity index (χ0) is 6.57. The van der Waals surface area contributed by atoms with Crippen molar-refractivity contribution in [2.24, 2.45) is 5.73 Å². The van der Waals surface area contributed by atoms with E-state index in [0.29, 0.717) is 6.42 Å². The number of hydrogen-bond donors (Lipinski definition) is 1. The predicted octanol–water partition coefficient (Wildman–Crippen LogP) is -0.103. The molecule has 0 aromatic carbocycles. The van der Waals surface area contributed by atoms with E-state index >= 15 is 0 Å². The zero-order valence-electron chi connectivity index (χ0n) is 5.18. The van der Waals surface area contributed by atoms with Crippen molar-refractivity contribution in [3.05, 3.63) is 0 Å². The highest BCUT2D eigenvalue weighted by atomic mass is 16.5. The number of rotatable bonds is 3. The van der Waals surface area contributed by atoms with Crippen LogP contribution in [-0.2, 0) is 9.53 Å². The molecule has 1 amide bonds. The molecule has 0 saturated heterocycles. The first-order valence-corrected chi connectivity index (χ1v) is 2.54. The molecule has 0 heterocycles. The van der Waals surface area contributed by atoms with E-state index in [2.05, 4.69) is 4.74 Å². The summed E-state index contributed by atoms with van der Waals surface area (Å²) >= 11 is 0. The number of ether oxygens (including phenoxy) is 1. The van der Waals surface area contributed by atoms with Crippen molar-refractivity contribution in [3.8, 4) is 0 Å². The molecule has 3 heteroatoms. The van der Waals surface area contributed by atoms with Crippen LogP contribution in [-0.4, -0.2) is 19.1 Å². The Labute approximate surface area is 48.8 Å². The van der Waals surface area contributed by atoms with Crippen LogP contribution in [0.5, 0.6) is 0 Å². The number of methoxy groups -OCH3 is 1. The summed E-state index contributed by atoms with van der Waals surface area (Å²) < 4.78 is 4.69. The molecular formula is C5H11NO2. The van der Waals surface area contributed by atoms with Crippen molar-refractivity contribution in [2.75, 3.05) is 7.11 Å². The molecule has 1 atom stereocenters. The second kappa shape index (κ2) is 3.43. The Morgan fingerprint density at radius 1 is 1.88 bits per heavy atom. The largest absolute Gasteiger partial charge is 0.372 e. The van der Waals surface area contributed by atoms with Crippen LogP contribution in [0.2, 0.25) is 0 Å². The second-order valence-electron chi connectivity index (χ2n) is 1.53. The van der Waals surface area contributed by atoms with Crippen molar-refractivity contribution in [1.29, 1.82) is 0 Å². The molecule has 0 aliphatic heterocycles. The average molecular weight is 117 g/mol. The molecule has 3 nitrogen and oxygen atoms in total. The van der Waals surface area contributed by atoms with Crippen molar-refractivity contribution in [3.63, 3.8) is 0 Å². The molecule has 0 aromatic heterocycles. The van der Waals surface area contributed by atoms with Gasteiger partial charge in [-0.2, -0.15) is 0 Å². The molecule has 0 unspecified atom stereocenters. The molecule has 0 aromatic rings. The van der Waals surface area contributed by atoms with Crippen molar-refractivity contribution in [1.82, 2.24) is 0 Å². The summed E-state index contributed by atoms with van der Waals surface area (Å²) in [5.41, 5.74) is 4.89. The van der Waals surface area contributed by atoms with Crippen LogP contribution in [0.15, 0.2) is 0 Å². The van der Waals surface area contributed by atoms with Crippen molar-refractivity contribution >= 4 is 5.91 Å². The van der Waals surface area contributed by atoms with Gasteiger partial charge in [0.15, 0.2) is 0 Å². The molecule has 0 fully saturated rings. The quantitative estimate of drug-likeness (QED) is 0.561. The Morgan fingerprint density at radius 3 is 2.38 bits per heavy atom. The Hall–Kier alpha value is -0.570. The fourth-order valence-corrected chi connectivity index (χ4v) is 0.484. The minimum Gasteiger partial charge on any atom is -0.372 e. The van der Waals surface area contributed by atoms with Gasteiger partial charge in [-0.15, -0.1) is 0 Å². The standard InChI is InChI=1S/C5H11NO2/c1-3-4(8-2)5(6)7/h4H,3H2,1-2H3,(H2,6,7)/t4-/m1/s1. The molecule has 0 aliphatic rings. The number of amides is 1. The van der Waals surface area contributed by atoms with Gasteiger partial charge < -0.3 is 10.5 Å². The second-order valence-corrected chi connectivity index (χ2v) is 1.53. The number of carbonyl (C=O) groups excluding carboxylic acids is 1. The fourth-order valence-electron chi connectivity index (χ4n) is 0.484. The molecule has 0 spiro atoms. The van der Waals surface area contributed by atoms with Crippen LogP contribution in [0.1, 0.15) is 13.3 Å². The summed E-state index contributed by atoms with van der Waals surface area (Å²) in [5, 5.41) is 0. The average Bonchev–Trinajstić information content (AvgIpc) is 1.69. The first-order valence-electron chi connectivity index (χ1n) is 2.54. The summed E-state index contributed by atoms with van der Waals surface area (Å²) in [6.07, 6.45) is 0.237. The van der Waals surface area contributed by atoms with Gasteiger partial charge in [-0.05, 0) is 6.42 Å². The van der Waals surface area contributed by atoms with Gasteiger partial charge in [0.25, 0.3) is 0 Å². The van der Waals surface area contributed by atoms with E-state index in [9.17, 15) is 4.79 Å². The van der Waals surface area contributed by atoms with E-state index in [1.54, 1.807) is 0 Å². The third kappa shape index (κ3) is 1.93. The van der Waals surface area contributed by atoms with Gasteiger partial charge in [0.1, 0.15) is 6.10 Å². The molecule has 0 aliphatic carbocycles. The Morgan fingerprint density at radius 2 is 2.38 bits per heavy atom. The maximum absolute atomic E-state index is 10.3. The third-order valence-corrected chi connectivity index (χ3v) is 0.973. The lowest BCUT2D eigenvalue weighted by Crippen LogP contribution is -2.29. The molecule has 0 rings (SSSR count).